The Bertz CT molecular complexity index is 376. The van der Waals surface area contributed by atoms with E-state index in [1.165, 1.54) is 17.9 Å². The van der Waals surface area contributed by atoms with Gasteiger partial charge >= 0.3 is 0 Å². The number of hydrogen-bond donors (Lipinski definition) is 1. The first-order valence-electron chi connectivity index (χ1n) is 5.98. The van der Waals surface area contributed by atoms with Gasteiger partial charge in [-0.3, -0.25) is 0 Å². The largest absolute Gasteiger partial charge is 0.389 e. The smallest absolute Gasteiger partial charge is 0.123 e. The van der Waals surface area contributed by atoms with Crippen LogP contribution >= 0.6 is 11.8 Å². The molecule has 1 fully saturated rings. The van der Waals surface area contributed by atoms with E-state index in [4.69, 9.17) is 0 Å². The van der Waals surface area contributed by atoms with Gasteiger partial charge in [0.15, 0.2) is 0 Å². The molecule has 2 nitrogen and oxygen atoms in total. The molecule has 0 aromatic heterocycles. The van der Waals surface area contributed by atoms with E-state index in [1.54, 1.807) is 13.0 Å². The summed E-state index contributed by atoms with van der Waals surface area (Å²) < 4.78 is 13.2. The maximum absolute atomic E-state index is 13.2. The number of halogens is 1. The predicted octanol–water partition coefficient (Wildman–Crippen LogP) is 2.82. The first-order chi connectivity index (χ1) is 8.18. The van der Waals surface area contributed by atoms with Crippen LogP contribution in [0.5, 0.6) is 0 Å². The molecule has 2 rings (SSSR count). The lowest BCUT2D eigenvalue weighted by atomic mass is 10.1. The number of rotatable bonds is 2. The van der Waals surface area contributed by atoms with Gasteiger partial charge in [0.05, 0.1) is 6.10 Å². The number of nitrogens with zero attached hydrogens (tertiary/aromatic N) is 1. The quantitative estimate of drug-likeness (QED) is 0.879. The Morgan fingerprint density at radius 2 is 2.18 bits per heavy atom. The monoisotopic (exact) mass is 255 g/mol. The zero-order valence-corrected chi connectivity index (χ0v) is 10.8. The molecule has 1 aromatic carbocycles. The van der Waals surface area contributed by atoms with E-state index in [-0.39, 0.29) is 5.82 Å². The molecule has 0 amide bonds. The highest BCUT2D eigenvalue weighted by molar-refractivity contribution is 7.99. The molecule has 1 N–H and O–H groups in total. The Labute approximate surface area is 106 Å². The Morgan fingerprint density at radius 1 is 1.35 bits per heavy atom. The van der Waals surface area contributed by atoms with Crippen LogP contribution in [-0.2, 0) is 0 Å². The van der Waals surface area contributed by atoms with Crippen LogP contribution in [0, 0.1) is 5.82 Å². The minimum absolute atomic E-state index is 0.283. The van der Waals surface area contributed by atoms with Crippen LogP contribution in [0.4, 0.5) is 10.1 Å². The molecule has 17 heavy (non-hydrogen) atoms. The van der Waals surface area contributed by atoms with Crippen molar-refractivity contribution in [2.24, 2.45) is 0 Å². The summed E-state index contributed by atoms with van der Waals surface area (Å²) in [5, 5.41) is 9.73. The summed E-state index contributed by atoms with van der Waals surface area (Å²) in [5.41, 5.74) is 1.67. The molecule has 0 aliphatic carbocycles. The minimum atomic E-state index is -0.628. The van der Waals surface area contributed by atoms with Crippen LogP contribution in [0.25, 0.3) is 0 Å². The van der Waals surface area contributed by atoms with E-state index in [0.717, 1.165) is 31.0 Å². The van der Waals surface area contributed by atoms with Crippen molar-refractivity contribution in [3.63, 3.8) is 0 Å². The molecule has 1 aromatic rings. The van der Waals surface area contributed by atoms with Crippen LogP contribution < -0.4 is 4.90 Å². The van der Waals surface area contributed by atoms with Gasteiger partial charge in [-0.15, -0.1) is 0 Å². The molecule has 4 heteroatoms. The molecule has 0 unspecified atom stereocenters. The highest BCUT2D eigenvalue weighted by Crippen LogP contribution is 2.28. The standard InChI is InChI=1S/C13H18FNOS/c1-10(16)12-9-11(14)3-4-13(12)15-5-2-7-17-8-6-15/h3-4,9-10,16H,2,5-8H2,1H3/t10-/m1/s1. The molecule has 0 radical (unpaired) electrons. The van der Waals surface area contributed by atoms with Gasteiger partial charge in [0.2, 0.25) is 0 Å². The van der Waals surface area contributed by atoms with Gasteiger partial charge in [-0.05, 0) is 37.3 Å². The number of benzene rings is 1. The van der Waals surface area contributed by atoms with E-state index < -0.39 is 6.10 Å². The maximum atomic E-state index is 13.2. The van der Waals surface area contributed by atoms with Gasteiger partial charge < -0.3 is 10.0 Å². The van der Waals surface area contributed by atoms with E-state index in [1.807, 2.05) is 11.8 Å². The van der Waals surface area contributed by atoms with Crippen molar-refractivity contribution >= 4 is 17.4 Å². The van der Waals surface area contributed by atoms with Gasteiger partial charge in [0.25, 0.3) is 0 Å². The van der Waals surface area contributed by atoms with Crippen LogP contribution in [-0.4, -0.2) is 29.7 Å². The van der Waals surface area contributed by atoms with Crippen LogP contribution in [0.3, 0.4) is 0 Å². The third-order valence-corrected chi connectivity index (χ3v) is 4.05. The zero-order chi connectivity index (χ0) is 12.3. The highest BCUT2D eigenvalue weighted by Gasteiger charge is 2.16. The molecule has 1 aliphatic rings. The summed E-state index contributed by atoms with van der Waals surface area (Å²) in [6, 6.07) is 4.70. The van der Waals surface area contributed by atoms with Gasteiger partial charge in [0, 0.05) is 30.1 Å². The Hall–Kier alpha value is -0.740. The van der Waals surface area contributed by atoms with Crippen molar-refractivity contribution in [1.29, 1.82) is 0 Å². The molecule has 94 valence electrons. The summed E-state index contributed by atoms with van der Waals surface area (Å²) in [6.07, 6.45) is 0.512. The first-order valence-corrected chi connectivity index (χ1v) is 7.14. The Morgan fingerprint density at radius 3 is 2.94 bits per heavy atom. The van der Waals surface area contributed by atoms with Crippen LogP contribution in [0.15, 0.2) is 18.2 Å². The summed E-state index contributed by atoms with van der Waals surface area (Å²) in [7, 11) is 0. The van der Waals surface area contributed by atoms with E-state index in [0.29, 0.717) is 5.56 Å². The average molecular weight is 255 g/mol. The Kier molecular flexibility index (Phi) is 4.29. The van der Waals surface area contributed by atoms with E-state index >= 15 is 0 Å². The molecule has 1 heterocycles. The van der Waals surface area contributed by atoms with Crippen molar-refractivity contribution in [2.75, 3.05) is 29.5 Å². The lowest BCUT2D eigenvalue weighted by Crippen LogP contribution is -2.26. The van der Waals surface area contributed by atoms with Gasteiger partial charge in [0.1, 0.15) is 5.82 Å². The fourth-order valence-corrected chi connectivity index (χ4v) is 3.02. The summed E-state index contributed by atoms with van der Waals surface area (Å²) in [6.45, 7) is 3.64. The van der Waals surface area contributed by atoms with Gasteiger partial charge in [-0.25, -0.2) is 4.39 Å². The summed E-state index contributed by atoms with van der Waals surface area (Å²) in [5.74, 6) is 1.99. The number of aliphatic hydroxyl groups excluding tert-OH is 1. The van der Waals surface area contributed by atoms with Crippen molar-refractivity contribution < 1.29 is 9.50 Å². The number of thioether (sulfide) groups is 1. The highest BCUT2D eigenvalue weighted by atomic mass is 32.2. The van der Waals surface area contributed by atoms with Crippen molar-refractivity contribution in [3.8, 4) is 0 Å². The van der Waals surface area contributed by atoms with Crippen LogP contribution in [0.1, 0.15) is 25.0 Å². The molecular formula is C13H18FNOS. The van der Waals surface area contributed by atoms with Gasteiger partial charge in [-0.2, -0.15) is 11.8 Å². The van der Waals surface area contributed by atoms with Gasteiger partial charge in [-0.1, -0.05) is 0 Å². The normalized spacial score (nSPS) is 18.9. The lowest BCUT2D eigenvalue weighted by Gasteiger charge is -2.26. The molecular weight excluding hydrogens is 237 g/mol. The van der Waals surface area contributed by atoms with E-state index in [9.17, 15) is 9.50 Å². The molecule has 1 atom stereocenters. The van der Waals surface area contributed by atoms with Crippen LogP contribution in [0.2, 0.25) is 0 Å². The number of aliphatic hydroxyl groups is 1. The maximum Gasteiger partial charge on any atom is 0.123 e. The molecule has 0 spiro atoms. The first kappa shape index (κ1) is 12.7. The SMILES string of the molecule is C[C@@H](O)c1cc(F)ccc1N1CCCSCC1. The van der Waals surface area contributed by atoms with E-state index in [2.05, 4.69) is 4.90 Å². The second-order valence-electron chi connectivity index (χ2n) is 4.33. The second-order valence-corrected chi connectivity index (χ2v) is 5.56. The molecule has 1 aliphatic heterocycles. The third kappa shape index (κ3) is 3.13. The number of anilines is 1. The predicted molar refractivity (Wildman–Crippen MR) is 71.2 cm³/mol. The van der Waals surface area contributed by atoms with Crippen molar-refractivity contribution in [2.45, 2.75) is 19.4 Å². The third-order valence-electron chi connectivity index (χ3n) is 3.00. The molecule has 1 saturated heterocycles. The lowest BCUT2D eigenvalue weighted by molar-refractivity contribution is 0.199. The summed E-state index contributed by atoms with van der Waals surface area (Å²) >= 11 is 1.95. The second kappa shape index (κ2) is 5.74. The molecule has 0 bridgehead atoms. The molecule has 0 saturated carbocycles. The minimum Gasteiger partial charge on any atom is -0.389 e. The average Bonchev–Trinajstić information content (AvgIpc) is 2.57. The fraction of sp³-hybridized carbons (Fsp3) is 0.538. The fourth-order valence-electron chi connectivity index (χ4n) is 2.13. The topological polar surface area (TPSA) is 23.5 Å². The van der Waals surface area contributed by atoms with Crippen molar-refractivity contribution in [3.05, 3.63) is 29.6 Å². The number of hydrogen-bond acceptors (Lipinski definition) is 3. The zero-order valence-electron chi connectivity index (χ0n) is 10.0. The van der Waals surface area contributed by atoms with Crippen molar-refractivity contribution in [1.82, 2.24) is 0 Å². The summed E-state index contributed by atoms with van der Waals surface area (Å²) in [4.78, 5) is 2.25. The Balaban J connectivity index is 2.29.